The van der Waals surface area contributed by atoms with Gasteiger partial charge in [0.25, 0.3) is 0 Å². The molecule has 0 heterocycles. The van der Waals surface area contributed by atoms with Gasteiger partial charge in [-0.05, 0) is 42.7 Å². The van der Waals surface area contributed by atoms with E-state index >= 15 is 0 Å². The van der Waals surface area contributed by atoms with E-state index in [0.29, 0.717) is 119 Å². The van der Waals surface area contributed by atoms with Crippen LogP contribution in [0.25, 0.3) is 0 Å². The molecule has 10 heteroatoms. The molecule has 0 bridgehead atoms. The highest BCUT2D eigenvalue weighted by Crippen LogP contribution is 2.15. The molecule has 2 aromatic rings. The average Bonchev–Trinajstić information content (AvgIpc) is 3.13. The summed E-state index contributed by atoms with van der Waals surface area (Å²) in [6.45, 7) is 11.7. The molecule has 0 amide bonds. The lowest BCUT2D eigenvalue weighted by Crippen LogP contribution is -2.15. The molecule has 0 atom stereocenters. The number of unbranched alkanes of at least 4 members (excludes halogenated alkanes) is 6. The molecule has 0 aromatic heterocycles. The van der Waals surface area contributed by atoms with E-state index in [-0.39, 0.29) is 0 Å². The molecule has 0 saturated carbocycles. The summed E-state index contributed by atoms with van der Waals surface area (Å²) in [5.74, 6) is 1.74. The fraction of sp³-hybridized carbons (Fsp3) is 0.692. The highest BCUT2D eigenvalue weighted by Gasteiger charge is 1.99. The predicted molar refractivity (Wildman–Crippen MR) is 192 cm³/mol. The monoisotopic (exact) mass is 692 g/mol. The number of rotatable bonds is 37. The van der Waals surface area contributed by atoms with Gasteiger partial charge in [-0.25, -0.2) is 0 Å². The third kappa shape index (κ3) is 28.1. The van der Waals surface area contributed by atoms with Crippen LogP contribution in [0.3, 0.4) is 0 Å². The Hall–Kier alpha value is -2.28. The van der Waals surface area contributed by atoms with E-state index in [1.807, 2.05) is 30.3 Å². The van der Waals surface area contributed by atoms with Crippen molar-refractivity contribution in [2.24, 2.45) is 0 Å². The summed E-state index contributed by atoms with van der Waals surface area (Å²) in [5, 5.41) is 0. The van der Waals surface area contributed by atoms with Crippen molar-refractivity contribution in [2.45, 2.75) is 58.3 Å². The zero-order valence-corrected chi connectivity index (χ0v) is 30.2. The zero-order valence-electron chi connectivity index (χ0n) is 30.2. The Morgan fingerprint density at radius 2 is 0.653 bits per heavy atom. The van der Waals surface area contributed by atoms with Gasteiger partial charge in [0.05, 0.1) is 106 Å². The zero-order chi connectivity index (χ0) is 34.6. The molecule has 2 rings (SSSR count). The lowest BCUT2D eigenvalue weighted by Gasteiger charge is -2.09. The minimum Gasteiger partial charge on any atom is -0.491 e. The number of para-hydroxylation sites is 1. The largest absolute Gasteiger partial charge is 0.491 e. The quantitative estimate of drug-likeness (QED) is 0.0725. The smallest absolute Gasteiger partial charge is 0.119 e. The van der Waals surface area contributed by atoms with E-state index in [1.54, 1.807) is 0 Å². The molecule has 0 radical (unpaired) electrons. The molecule has 0 fully saturated rings. The lowest BCUT2D eigenvalue weighted by molar-refractivity contribution is -0.0241. The van der Waals surface area contributed by atoms with Crippen molar-refractivity contribution in [3.63, 3.8) is 0 Å². The van der Waals surface area contributed by atoms with Crippen LogP contribution in [0, 0.1) is 0 Å². The molecule has 0 aliphatic rings. The van der Waals surface area contributed by atoms with Crippen molar-refractivity contribution in [3.05, 3.63) is 60.2 Å². The minimum absolute atomic E-state index is 0.519. The first-order valence-electron chi connectivity index (χ1n) is 18.4. The number of ether oxygens (including phenoxy) is 10. The maximum atomic E-state index is 5.78. The molecule has 0 saturated heterocycles. The van der Waals surface area contributed by atoms with Gasteiger partial charge in [0, 0.05) is 0 Å². The Morgan fingerprint density at radius 1 is 0.327 bits per heavy atom. The van der Waals surface area contributed by atoms with Gasteiger partial charge in [-0.15, -0.1) is 0 Å². The van der Waals surface area contributed by atoms with Crippen LogP contribution in [-0.4, -0.2) is 119 Å². The fourth-order valence-corrected chi connectivity index (χ4v) is 4.63. The van der Waals surface area contributed by atoms with Gasteiger partial charge >= 0.3 is 0 Å². The maximum absolute atomic E-state index is 5.78. The number of benzene rings is 2. The van der Waals surface area contributed by atoms with Gasteiger partial charge < -0.3 is 47.4 Å². The van der Waals surface area contributed by atoms with Crippen molar-refractivity contribution >= 4 is 0 Å². The summed E-state index contributed by atoms with van der Waals surface area (Å²) in [5.41, 5.74) is 1.38. The van der Waals surface area contributed by atoms with Gasteiger partial charge in [0.1, 0.15) is 24.7 Å². The number of hydrogen-bond acceptors (Lipinski definition) is 10. The van der Waals surface area contributed by atoms with E-state index in [0.717, 1.165) is 17.9 Å². The van der Waals surface area contributed by atoms with Crippen molar-refractivity contribution < 1.29 is 47.4 Å². The van der Waals surface area contributed by atoms with E-state index in [1.165, 1.54) is 50.5 Å². The second kappa shape index (κ2) is 34.2. The Morgan fingerprint density at radius 3 is 1.04 bits per heavy atom. The van der Waals surface area contributed by atoms with E-state index in [4.69, 9.17) is 47.4 Å². The van der Waals surface area contributed by atoms with Crippen LogP contribution in [0.15, 0.2) is 54.6 Å². The second-order valence-electron chi connectivity index (χ2n) is 11.4. The lowest BCUT2D eigenvalue weighted by atomic mass is 10.0. The molecule has 2 aromatic carbocycles. The Labute approximate surface area is 295 Å². The summed E-state index contributed by atoms with van der Waals surface area (Å²) in [6, 6.07) is 18.2. The molecular weight excluding hydrogens is 628 g/mol. The molecule has 280 valence electrons. The van der Waals surface area contributed by atoms with E-state index in [9.17, 15) is 0 Å². The fourth-order valence-electron chi connectivity index (χ4n) is 4.63. The predicted octanol–water partition coefficient (Wildman–Crippen LogP) is 6.57. The number of aryl methyl sites for hydroxylation is 1. The van der Waals surface area contributed by atoms with Gasteiger partial charge in [0.2, 0.25) is 0 Å². The summed E-state index contributed by atoms with van der Waals surface area (Å²) >= 11 is 0. The molecule has 0 N–H and O–H groups in total. The normalized spacial score (nSPS) is 11.3. The molecule has 0 spiro atoms. The molecule has 0 aliphatic carbocycles. The summed E-state index contributed by atoms with van der Waals surface area (Å²) in [6.07, 6.45) is 10.5. The van der Waals surface area contributed by atoms with Crippen LogP contribution in [0.5, 0.6) is 11.5 Å². The van der Waals surface area contributed by atoms with Crippen molar-refractivity contribution in [1.29, 1.82) is 0 Å². The standard InChI is InChI=1S/C39H64O10/c1-2-3-4-5-6-7-9-12-37-15-17-39(18-16-37)49-36-34-47-32-30-45-28-26-43-24-22-41-20-19-40-21-23-42-25-27-44-29-31-46-33-35-48-38-13-10-8-11-14-38/h8,10-11,13-18H,2-7,9,12,19-36H2,1H3. The third-order valence-electron chi connectivity index (χ3n) is 7.33. The SMILES string of the molecule is CCCCCCCCCc1ccc(OCCOCCOCCOCCOCCOCCOCCOCCOCCOc2ccccc2)cc1. The summed E-state index contributed by atoms with van der Waals surface area (Å²) in [7, 11) is 0. The second-order valence-corrected chi connectivity index (χ2v) is 11.4. The van der Waals surface area contributed by atoms with Gasteiger partial charge in [-0.1, -0.05) is 75.8 Å². The Bertz CT molecular complexity index is 931. The van der Waals surface area contributed by atoms with Crippen LogP contribution in [-0.2, 0) is 44.3 Å². The molecular formula is C39H64O10. The van der Waals surface area contributed by atoms with Crippen LogP contribution < -0.4 is 9.47 Å². The van der Waals surface area contributed by atoms with Gasteiger partial charge in [-0.2, -0.15) is 0 Å². The van der Waals surface area contributed by atoms with Crippen LogP contribution >= 0.6 is 0 Å². The Balaban J connectivity index is 1.19. The molecule has 0 aliphatic heterocycles. The first kappa shape index (κ1) is 42.9. The highest BCUT2D eigenvalue weighted by atomic mass is 16.6. The molecule has 10 nitrogen and oxygen atoms in total. The minimum atomic E-state index is 0.519. The molecule has 49 heavy (non-hydrogen) atoms. The first-order chi connectivity index (χ1) is 24.4. The van der Waals surface area contributed by atoms with Gasteiger partial charge in [-0.3, -0.25) is 0 Å². The van der Waals surface area contributed by atoms with Crippen molar-refractivity contribution in [3.8, 4) is 11.5 Å². The Kier molecular flexibility index (Phi) is 29.9. The average molecular weight is 693 g/mol. The van der Waals surface area contributed by atoms with Crippen molar-refractivity contribution in [2.75, 3.05) is 119 Å². The van der Waals surface area contributed by atoms with Crippen LogP contribution in [0.1, 0.15) is 57.4 Å². The summed E-state index contributed by atoms with van der Waals surface area (Å²) in [4.78, 5) is 0. The maximum Gasteiger partial charge on any atom is 0.119 e. The van der Waals surface area contributed by atoms with E-state index in [2.05, 4.69) is 31.2 Å². The highest BCUT2D eigenvalue weighted by molar-refractivity contribution is 5.27. The van der Waals surface area contributed by atoms with Crippen LogP contribution in [0.4, 0.5) is 0 Å². The topological polar surface area (TPSA) is 92.3 Å². The first-order valence-corrected chi connectivity index (χ1v) is 18.4. The molecule has 0 unspecified atom stereocenters. The van der Waals surface area contributed by atoms with Crippen molar-refractivity contribution in [1.82, 2.24) is 0 Å². The number of hydrogen-bond donors (Lipinski definition) is 0. The van der Waals surface area contributed by atoms with E-state index < -0.39 is 0 Å². The van der Waals surface area contributed by atoms with Crippen LogP contribution in [0.2, 0.25) is 0 Å². The van der Waals surface area contributed by atoms with Gasteiger partial charge in [0.15, 0.2) is 0 Å². The summed E-state index contributed by atoms with van der Waals surface area (Å²) < 4.78 is 55.5. The third-order valence-corrected chi connectivity index (χ3v) is 7.33.